The third kappa shape index (κ3) is 2.43. The van der Waals surface area contributed by atoms with Gasteiger partial charge in [0.1, 0.15) is 6.10 Å². The molecular formula is C9H12BrNO3. The van der Waals surface area contributed by atoms with Gasteiger partial charge in [0, 0.05) is 17.1 Å². The Hall–Kier alpha value is -0.650. The van der Waals surface area contributed by atoms with E-state index in [0.29, 0.717) is 0 Å². The summed E-state index contributed by atoms with van der Waals surface area (Å²) in [6.45, 7) is 1.80. The zero-order valence-electron chi connectivity index (χ0n) is 7.70. The van der Waals surface area contributed by atoms with E-state index in [9.17, 15) is 15.0 Å². The largest absolute Gasteiger partial charge is 0.389 e. The first-order valence-corrected chi connectivity index (χ1v) is 5.29. The van der Waals surface area contributed by atoms with Gasteiger partial charge in [-0.2, -0.15) is 0 Å². The Kier molecular flexibility index (Phi) is 3.86. The van der Waals surface area contributed by atoms with Crippen LogP contribution in [0, 0.1) is 6.92 Å². The zero-order valence-corrected chi connectivity index (χ0v) is 9.28. The molecule has 1 heterocycles. The van der Waals surface area contributed by atoms with Crippen molar-refractivity contribution in [3.63, 3.8) is 0 Å². The van der Waals surface area contributed by atoms with E-state index in [1.807, 2.05) is 0 Å². The molecule has 14 heavy (non-hydrogen) atoms. The maximum Gasteiger partial charge on any atom is 0.253 e. The van der Waals surface area contributed by atoms with Crippen molar-refractivity contribution in [3.8, 4) is 0 Å². The molecule has 3 N–H and O–H groups in total. The average molecular weight is 262 g/mol. The number of aromatic nitrogens is 1. The van der Waals surface area contributed by atoms with Crippen molar-refractivity contribution in [3.05, 3.63) is 33.7 Å². The minimum absolute atomic E-state index is 0.192. The highest BCUT2D eigenvalue weighted by Gasteiger charge is 2.19. The molecule has 1 rings (SSSR count). The second-order valence-corrected chi connectivity index (χ2v) is 3.78. The third-order valence-corrected chi connectivity index (χ3v) is 2.58. The van der Waals surface area contributed by atoms with Crippen LogP contribution in [0.3, 0.4) is 0 Å². The van der Waals surface area contributed by atoms with Crippen molar-refractivity contribution >= 4 is 15.9 Å². The van der Waals surface area contributed by atoms with Crippen LogP contribution < -0.4 is 5.56 Å². The number of nitrogens with one attached hydrogen (secondary N) is 1. The van der Waals surface area contributed by atoms with E-state index < -0.39 is 12.2 Å². The maximum atomic E-state index is 11.3. The van der Waals surface area contributed by atoms with Gasteiger partial charge in [0.15, 0.2) is 0 Å². The highest BCUT2D eigenvalue weighted by Crippen LogP contribution is 2.15. The first kappa shape index (κ1) is 11.4. The number of H-pyrrole nitrogens is 1. The Morgan fingerprint density at radius 3 is 2.79 bits per heavy atom. The quantitative estimate of drug-likeness (QED) is 0.693. The van der Waals surface area contributed by atoms with Crippen molar-refractivity contribution in [1.29, 1.82) is 0 Å². The van der Waals surface area contributed by atoms with Gasteiger partial charge in [0.25, 0.3) is 5.56 Å². The Morgan fingerprint density at radius 2 is 2.21 bits per heavy atom. The number of pyridine rings is 1. The zero-order chi connectivity index (χ0) is 10.7. The number of alkyl halides is 1. The molecule has 1 aromatic rings. The third-order valence-electron chi connectivity index (χ3n) is 1.92. The normalized spacial score (nSPS) is 15.1. The SMILES string of the molecule is Cc1c[nH]c(=O)c(C(O)C(O)CBr)c1. The molecule has 0 aliphatic heterocycles. The monoisotopic (exact) mass is 261 g/mol. The molecule has 2 atom stereocenters. The summed E-state index contributed by atoms with van der Waals surface area (Å²) in [5.41, 5.74) is 0.653. The lowest BCUT2D eigenvalue weighted by Gasteiger charge is -2.14. The first-order chi connectivity index (χ1) is 6.56. The summed E-state index contributed by atoms with van der Waals surface area (Å²) in [5, 5.41) is 19.2. The molecule has 4 nitrogen and oxygen atoms in total. The molecule has 0 radical (unpaired) electrons. The molecule has 78 valence electrons. The topological polar surface area (TPSA) is 73.3 Å². The second-order valence-electron chi connectivity index (χ2n) is 3.13. The summed E-state index contributed by atoms with van der Waals surface area (Å²) in [7, 11) is 0. The van der Waals surface area contributed by atoms with Crippen LogP contribution in [0.4, 0.5) is 0 Å². The lowest BCUT2D eigenvalue weighted by Crippen LogP contribution is -2.26. The molecule has 0 fully saturated rings. The molecule has 2 unspecified atom stereocenters. The number of halogens is 1. The van der Waals surface area contributed by atoms with E-state index in [2.05, 4.69) is 20.9 Å². The van der Waals surface area contributed by atoms with E-state index in [4.69, 9.17) is 0 Å². The highest BCUT2D eigenvalue weighted by molar-refractivity contribution is 9.09. The molecule has 0 saturated carbocycles. The van der Waals surface area contributed by atoms with Crippen molar-refractivity contribution in [2.24, 2.45) is 0 Å². The fourth-order valence-corrected chi connectivity index (χ4v) is 1.48. The number of hydrogen-bond donors (Lipinski definition) is 3. The van der Waals surface area contributed by atoms with E-state index in [-0.39, 0.29) is 16.5 Å². The van der Waals surface area contributed by atoms with Gasteiger partial charge in [-0.3, -0.25) is 4.79 Å². The summed E-state index contributed by atoms with van der Waals surface area (Å²) in [4.78, 5) is 13.8. The van der Waals surface area contributed by atoms with E-state index in [1.165, 1.54) is 0 Å². The van der Waals surface area contributed by atoms with Gasteiger partial charge in [-0.15, -0.1) is 0 Å². The summed E-state index contributed by atoms with van der Waals surface area (Å²) in [5.74, 6) is 0. The van der Waals surface area contributed by atoms with Crippen LogP contribution in [0.15, 0.2) is 17.1 Å². The van der Waals surface area contributed by atoms with Crippen LogP contribution >= 0.6 is 15.9 Å². The Balaban J connectivity index is 3.05. The Morgan fingerprint density at radius 1 is 1.57 bits per heavy atom. The predicted molar refractivity (Wildman–Crippen MR) is 56.6 cm³/mol. The summed E-state index contributed by atoms with van der Waals surface area (Å²) < 4.78 is 0. The van der Waals surface area contributed by atoms with Crippen LogP contribution in [0.5, 0.6) is 0 Å². The predicted octanol–water partition coefficient (Wildman–Crippen LogP) is 0.473. The summed E-state index contributed by atoms with van der Waals surface area (Å²) in [6.07, 6.45) is -0.574. The minimum Gasteiger partial charge on any atom is -0.389 e. The second kappa shape index (κ2) is 4.72. The lowest BCUT2D eigenvalue weighted by molar-refractivity contribution is 0.0333. The molecule has 0 aromatic carbocycles. The highest BCUT2D eigenvalue weighted by atomic mass is 79.9. The van der Waals surface area contributed by atoms with Gasteiger partial charge < -0.3 is 15.2 Å². The van der Waals surface area contributed by atoms with E-state index >= 15 is 0 Å². The average Bonchev–Trinajstić information content (AvgIpc) is 2.19. The fraction of sp³-hybridized carbons (Fsp3) is 0.444. The Bertz CT molecular complexity index is 363. The molecule has 0 spiro atoms. The van der Waals surface area contributed by atoms with Crippen LogP contribution in [-0.4, -0.2) is 26.6 Å². The first-order valence-electron chi connectivity index (χ1n) is 4.17. The molecule has 0 aliphatic rings. The van der Waals surface area contributed by atoms with Gasteiger partial charge >= 0.3 is 0 Å². The van der Waals surface area contributed by atoms with Gasteiger partial charge in [0.05, 0.1) is 6.10 Å². The fourth-order valence-electron chi connectivity index (χ4n) is 1.13. The lowest BCUT2D eigenvalue weighted by atomic mass is 10.1. The number of aliphatic hydroxyl groups is 2. The molecule has 0 saturated heterocycles. The standard InChI is InChI=1S/C9H12BrNO3/c1-5-2-6(9(14)11-4-5)8(13)7(12)3-10/h2,4,7-8,12-13H,3H2,1H3,(H,11,14). The van der Waals surface area contributed by atoms with Crippen LogP contribution in [-0.2, 0) is 0 Å². The molecule has 0 aliphatic carbocycles. The van der Waals surface area contributed by atoms with Crippen LogP contribution in [0.2, 0.25) is 0 Å². The number of aliphatic hydroxyl groups excluding tert-OH is 2. The number of aryl methyl sites for hydroxylation is 1. The van der Waals surface area contributed by atoms with Crippen LogP contribution in [0.1, 0.15) is 17.2 Å². The molecule has 0 bridgehead atoms. The maximum absolute atomic E-state index is 11.3. The number of hydrogen-bond acceptors (Lipinski definition) is 3. The van der Waals surface area contributed by atoms with Gasteiger partial charge in [0.2, 0.25) is 0 Å². The smallest absolute Gasteiger partial charge is 0.253 e. The molecule has 0 amide bonds. The van der Waals surface area contributed by atoms with Crippen molar-refractivity contribution in [1.82, 2.24) is 4.98 Å². The Labute approximate surface area is 89.7 Å². The van der Waals surface area contributed by atoms with Crippen molar-refractivity contribution in [2.45, 2.75) is 19.1 Å². The number of aromatic amines is 1. The van der Waals surface area contributed by atoms with E-state index in [0.717, 1.165) is 5.56 Å². The van der Waals surface area contributed by atoms with E-state index in [1.54, 1.807) is 19.2 Å². The van der Waals surface area contributed by atoms with Crippen molar-refractivity contribution in [2.75, 3.05) is 5.33 Å². The van der Waals surface area contributed by atoms with Gasteiger partial charge in [-0.25, -0.2) is 0 Å². The molecule has 5 heteroatoms. The van der Waals surface area contributed by atoms with Crippen LogP contribution in [0.25, 0.3) is 0 Å². The van der Waals surface area contributed by atoms with Crippen molar-refractivity contribution < 1.29 is 10.2 Å². The summed E-state index contributed by atoms with van der Waals surface area (Å²) >= 11 is 3.03. The van der Waals surface area contributed by atoms with Gasteiger partial charge in [-0.1, -0.05) is 15.9 Å². The molecule has 1 aromatic heterocycles. The van der Waals surface area contributed by atoms with Gasteiger partial charge in [-0.05, 0) is 18.6 Å². The number of rotatable bonds is 3. The molecular weight excluding hydrogens is 250 g/mol. The minimum atomic E-state index is -1.15. The summed E-state index contributed by atoms with van der Waals surface area (Å²) in [6, 6.07) is 1.56.